The molecular weight excluding hydrogens is 320 g/mol. The molecule has 1 fully saturated rings. The molecule has 0 bridgehead atoms. The summed E-state index contributed by atoms with van der Waals surface area (Å²) in [5.74, 6) is -1.62. The molecule has 10 heteroatoms. The molecule has 2 atom stereocenters. The normalized spacial score (nSPS) is 29.3. The van der Waals surface area contributed by atoms with Crippen LogP contribution in [0.1, 0.15) is 13.3 Å². The average molecular weight is 343 g/mol. The van der Waals surface area contributed by atoms with Crippen molar-refractivity contribution in [3.05, 3.63) is 0 Å². The van der Waals surface area contributed by atoms with Crippen molar-refractivity contribution < 1.29 is 30.7 Å². The van der Waals surface area contributed by atoms with Gasteiger partial charge in [0.25, 0.3) is 10.1 Å². The molecular formula is C11H23N2O6S2+. The maximum atomic E-state index is 11.9. The van der Waals surface area contributed by atoms with E-state index in [4.69, 9.17) is 0 Å². The molecule has 0 aliphatic carbocycles. The van der Waals surface area contributed by atoms with Crippen LogP contribution in [0.3, 0.4) is 0 Å². The third kappa shape index (κ3) is 5.20. The first-order chi connectivity index (χ1) is 9.15. The minimum absolute atomic E-state index is 0.136. The van der Waals surface area contributed by atoms with Gasteiger partial charge in [0.05, 0.1) is 51.2 Å². The molecule has 124 valence electrons. The zero-order valence-electron chi connectivity index (χ0n) is 12.7. The third-order valence-corrected chi connectivity index (χ3v) is 6.93. The molecule has 0 aromatic heterocycles. The molecule has 2 unspecified atom stereocenters. The van der Waals surface area contributed by atoms with Crippen molar-refractivity contribution >= 4 is 25.9 Å². The number of hydrogen-bond donors (Lipinski definition) is 2. The molecule has 1 aliphatic heterocycles. The highest BCUT2D eigenvalue weighted by atomic mass is 32.2. The lowest BCUT2D eigenvalue weighted by Gasteiger charge is -2.30. The van der Waals surface area contributed by atoms with Gasteiger partial charge in [-0.25, -0.2) is 8.42 Å². The summed E-state index contributed by atoms with van der Waals surface area (Å²) < 4.78 is 55.8. The monoisotopic (exact) mass is 343 g/mol. The van der Waals surface area contributed by atoms with Crippen LogP contribution in [-0.4, -0.2) is 81.8 Å². The fraction of sp³-hybridized carbons (Fsp3) is 0.909. The largest absolute Gasteiger partial charge is 0.348 e. The van der Waals surface area contributed by atoms with Crippen LogP contribution in [0.4, 0.5) is 0 Å². The number of nitrogens with one attached hydrogen (secondary N) is 1. The fourth-order valence-electron chi connectivity index (χ4n) is 2.37. The third-order valence-electron chi connectivity index (χ3n) is 3.43. The van der Waals surface area contributed by atoms with Crippen molar-refractivity contribution in [2.24, 2.45) is 0 Å². The fourth-order valence-corrected chi connectivity index (χ4v) is 6.72. The van der Waals surface area contributed by atoms with Crippen molar-refractivity contribution in [2.45, 2.75) is 24.1 Å². The second-order valence-corrected chi connectivity index (χ2v) is 10.5. The van der Waals surface area contributed by atoms with E-state index in [0.29, 0.717) is 11.0 Å². The second kappa shape index (κ2) is 5.49. The van der Waals surface area contributed by atoms with Crippen molar-refractivity contribution in [2.75, 3.05) is 39.2 Å². The Morgan fingerprint density at radius 2 is 1.90 bits per heavy atom. The molecule has 1 saturated heterocycles. The highest BCUT2D eigenvalue weighted by Gasteiger charge is 2.54. The maximum Gasteiger partial charge on any atom is 0.271 e. The van der Waals surface area contributed by atoms with Crippen LogP contribution in [0.25, 0.3) is 0 Å². The molecule has 0 aromatic rings. The average Bonchev–Trinajstić information content (AvgIpc) is 2.44. The van der Waals surface area contributed by atoms with Gasteiger partial charge in [-0.3, -0.25) is 9.35 Å². The zero-order valence-corrected chi connectivity index (χ0v) is 14.3. The number of amides is 1. The number of carbonyl (C=O) groups is 1. The Bertz CT molecular complexity index is 620. The van der Waals surface area contributed by atoms with Gasteiger partial charge >= 0.3 is 0 Å². The quantitative estimate of drug-likeness (QED) is 0.470. The minimum atomic E-state index is -4.57. The van der Waals surface area contributed by atoms with Crippen LogP contribution >= 0.6 is 0 Å². The number of quaternary nitrogens is 1. The first kappa shape index (κ1) is 18.3. The van der Waals surface area contributed by atoms with Gasteiger partial charge in [0.1, 0.15) is 5.25 Å². The number of sulfone groups is 1. The summed E-state index contributed by atoms with van der Waals surface area (Å²) in [4.78, 5) is 11.9. The van der Waals surface area contributed by atoms with Crippen molar-refractivity contribution in [1.82, 2.24) is 5.32 Å². The van der Waals surface area contributed by atoms with Crippen LogP contribution < -0.4 is 5.32 Å². The van der Waals surface area contributed by atoms with Crippen molar-refractivity contribution in [1.29, 1.82) is 0 Å². The van der Waals surface area contributed by atoms with Gasteiger partial charge in [0.15, 0.2) is 9.84 Å². The van der Waals surface area contributed by atoms with Gasteiger partial charge in [-0.15, -0.1) is 0 Å². The van der Waals surface area contributed by atoms with Gasteiger partial charge in [0, 0.05) is 0 Å². The Balaban J connectivity index is 2.90. The number of nitrogens with zero attached hydrogens (tertiary/aromatic N) is 1. The van der Waals surface area contributed by atoms with E-state index in [1.165, 1.54) is 6.92 Å². The van der Waals surface area contributed by atoms with E-state index in [1.807, 2.05) is 21.1 Å². The number of carbonyl (C=O) groups excluding carboxylic acids is 1. The molecule has 1 amide bonds. The first-order valence-electron chi connectivity index (χ1n) is 6.43. The maximum absolute atomic E-state index is 11.9. The molecule has 0 saturated carbocycles. The standard InChI is InChI=1S/C11H22N2O6S2/c1-11(12-10(14)5-6-13(2,3)4)8-20(15,16)7-9(11)21(17,18)19/h9H,5-8H2,1-4H3,(H-,12,14,17,18,19)/p+1. The molecule has 0 radical (unpaired) electrons. The minimum Gasteiger partial charge on any atom is -0.348 e. The zero-order chi connectivity index (χ0) is 16.7. The number of rotatable bonds is 5. The first-order valence-corrected chi connectivity index (χ1v) is 9.75. The Hall–Kier alpha value is -0.710. The molecule has 0 aromatic carbocycles. The van der Waals surface area contributed by atoms with Crippen LogP contribution in [0.2, 0.25) is 0 Å². The Kier molecular flexibility index (Phi) is 4.79. The highest BCUT2D eigenvalue weighted by molar-refractivity contribution is 7.94. The summed E-state index contributed by atoms with van der Waals surface area (Å²) in [6.07, 6.45) is 0.136. The smallest absolute Gasteiger partial charge is 0.271 e. The van der Waals surface area contributed by atoms with E-state index >= 15 is 0 Å². The van der Waals surface area contributed by atoms with E-state index in [0.717, 1.165) is 0 Å². The lowest BCUT2D eigenvalue weighted by atomic mass is 10.0. The summed E-state index contributed by atoms with van der Waals surface area (Å²) in [5.41, 5.74) is -1.51. The molecule has 21 heavy (non-hydrogen) atoms. The van der Waals surface area contributed by atoms with Gasteiger partial charge in [-0.2, -0.15) is 8.42 Å². The van der Waals surface area contributed by atoms with Gasteiger partial charge < -0.3 is 9.80 Å². The Morgan fingerprint density at radius 1 is 1.38 bits per heavy atom. The topological polar surface area (TPSA) is 118 Å². The summed E-state index contributed by atoms with van der Waals surface area (Å²) in [6.45, 7) is 1.85. The van der Waals surface area contributed by atoms with Gasteiger partial charge in [-0.1, -0.05) is 0 Å². The SMILES string of the molecule is CC1(NC(=O)CC[N+](C)(C)C)CS(=O)(=O)CC1S(=O)(=O)O. The van der Waals surface area contributed by atoms with Crippen LogP contribution in [-0.2, 0) is 24.7 Å². The predicted molar refractivity (Wildman–Crippen MR) is 78.1 cm³/mol. The second-order valence-electron chi connectivity index (χ2n) is 6.79. The lowest BCUT2D eigenvalue weighted by Crippen LogP contribution is -2.57. The molecule has 0 spiro atoms. The lowest BCUT2D eigenvalue weighted by molar-refractivity contribution is -0.869. The van der Waals surface area contributed by atoms with Gasteiger partial charge in [-0.05, 0) is 6.92 Å². The summed E-state index contributed by atoms with van der Waals surface area (Å²) >= 11 is 0. The van der Waals surface area contributed by atoms with E-state index in [9.17, 15) is 26.2 Å². The van der Waals surface area contributed by atoms with E-state index in [1.54, 1.807) is 0 Å². The predicted octanol–water partition coefficient (Wildman–Crippen LogP) is -1.36. The van der Waals surface area contributed by atoms with E-state index in [-0.39, 0.29) is 6.42 Å². The van der Waals surface area contributed by atoms with E-state index < -0.39 is 48.2 Å². The van der Waals surface area contributed by atoms with Gasteiger partial charge in [0.2, 0.25) is 5.91 Å². The highest BCUT2D eigenvalue weighted by Crippen LogP contribution is 2.28. The van der Waals surface area contributed by atoms with Crippen molar-refractivity contribution in [3.8, 4) is 0 Å². The molecule has 1 aliphatic rings. The Labute approximate surface area is 125 Å². The molecule has 1 rings (SSSR count). The van der Waals surface area contributed by atoms with E-state index in [2.05, 4.69) is 5.32 Å². The number of hydrogen-bond acceptors (Lipinski definition) is 5. The molecule has 1 heterocycles. The summed E-state index contributed by atoms with van der Waals surface area (Å²) in [5, 5.41) is 0.934. The Morgan fingerprint density at radius 3 is 2.33 bits per heavy atom. The van der Waals surface area contributed by atoms with Crippen LogP contribution in [0, 0.1) is 0 Å². The van der Waals surface area contributed by atoms with Crippen LogP contribution in [0.15, 0.2) is 0 Å². The van der Waals surface area contributed by atoms with Crippen LogP contribution in [0.5, 0.6) is 0 Å². The van der Waals surface area contributed by atoms with Crippen molar-refractivity contribution in [3.63, 3.8) is 0 Å². The molecule has 2 N–H and O–H groups in total. The summed E-state index contributed by atoms with van der Waals surface area (Å²) in [7, 11) is -2.50. The molecule has 8 nitrogen and oxygen atoms in total. The summed E-state index contributed by atoms with van der Waals surface area (Å²) in [6, 6.07) is 0.